The average Bonchev–Trinajstić information content (AvgIpc) is 2.26. The Morgan fingerprint density at radius 2 is 1.60 bits per heavy atom. The van der Waals surface area contributed by atoms with Crippen LogP contribution in [-0.4, -0.2) is 11.2 Å². The fourth-order valence-corrected chi connectivity index (χ4v) is 1.83. The van der Waals surface area contributed by atoms with Crippen LogP contribution in [0.4, 0.5) is 0 Å². The van der Waals surface area contributed by atoms with Crippen LogP contribution in [0.3, 0.4) is 0 Å². The number of aliphatic hydroxyl groups is 1. The zero-order valence-electron chi connectivity index (χ0n) is 10.5. The Bertz CT molecular complexity index is 142. The van der Waals surface area contributed by atoms with Gasteiger partial charge in [0.05, 0.1) is 6.10 Å². The number of unbranched alkanes of at least 4 members (excludes halogenated alkanes) is 6. The van der Waals surface area contributed by atoms with E-state index in [0.29, 0.717) is 5.92 Å². The number of hydrogen-bond acceptors (Lipinski definition) is 1. The predicted molar refractivity (Wildman–Crippen MR) is 68.0 cm³/mol. The van der Waals surface area contributed by atoms with E-state index in [1.165, 1.54) is 44.9 Å². The molecule has 0 aliphatic rings. The molecule has 90 valence electrons. The Morgan fingerprint density at radius 3 is 2.13 bits per heavy atom. The summed E-state index contributed by atoms with van der Waals surface area (Å²) in [5.41, 5.74) is 0. The summed E-state index contributed by atoms with van der Waals surface area (Å²) in [6, 6.07) is 0. The van der Waals surface area contributed by atoms with Gasteiger partial charge in [-0.1, -0.05) is 64.9 Å². The minimum atomic E-state index is -0.315. The summed E-state index contributed by atoms with van der Waals surface area (Å²) < 4.78 is 0. The van der Waals surface area contributed by atoms with Crippen molar-refractivity contribution in [2.75, 3.05) is 0 Å². The van der Waals surface area contributed by atoms with Gasteiger partial charge in [-0.2, -0.15) is 0 Å². The fourth-order valence-electron chi connectivity index (χ4n) is 1.83. The molecule has 1 nitrogen and oxygen atoms in total. The first-order chi connectivity index (χ1) is 7.22. The van der Waals surface area contributed by atoms with Crippen LogP contribution in [0.15, 0.2) is 12.7 Å². The van der Waals surface area contributed by atoms with Gasteiger partial charge < -0.3 is 5.11 Å². The van der Waals surface area contributed by atoms with Crippen LogP contribution < -0.4 is 0 Å². The quantitative estimate of drug-likeness (QED) is 0.422. The Morgan fingerprint density at radius 1 is 1.07 bits per heavy atom. The Kier molecular flexibility index (Phi) is 10.0. The Balaban J connectivity index is 3.19. The molecule has 0 aromatic rings. The van der Waals surface area contributed by atoms with Gasteiger partial charge in [0.15, 0.2) is 0 Å². The maximum atomic E-state index is 9.48. The molecule has 0 unspecified atom stereocenters. The number of hydrogen-bond donors (Lipinski definition) is 1. The van der Waals surface area contributed by atoms with E-state index in [-0.39, 0.29) is 6.10 Å². The van der Waals surface area contributed by atoms with Crippen LogP contribution in [-0.2, 0) is 0 Å². The van der Waals surface area contributed by atoms with E-state index in [2.05, 4.69) is 20.4 Å². The van der Waals surface area contributed by atoms with E-state index < -0.39 is 0 Å². The molecule has 0 spiro atoms. The van der Waals surface area contributed by atoms with Crippen molar-refractivity contribution in [3.8, 4) is 0 Å². The Hall–Kier alpha value is -0.300. The Labute approximate surface area is 95.6 Å². The second kappa shape index (κ2) is 10.2. The highest BCUT2D eigenvalue weighted by atomic mass is 16.3. The van der Waals surface area contributed by atoms with Crippen molar-refractivity contribution in [2.24, 2.45) is 5.92 Å². The van der Waals surface area contributed by atoms with Gasteiger partial charge in [0.2, 0.25) is 0 Å². The van der Waals surface area contributed by atoms with E-state index in [4.69, 9.17) is 0 Å². The molecule has 0 aromatic carbocycles. The highest BCUT2D eigenvalue weighted by Crippen LogP contribution is 2.15. The highest BCUT2D eigenvalue weighted by Gasteiger charge is 2.09. The molecule has 0 fully saturated rings. The molecular weight excluding hydrogens is 184 g/mol. The number of aliphatic hydroxyl groups excluding tert-OH is 1. The van der Waals surface area contributed by atoms with Crippen molar-refractivity contribution in [3.05, 3.63) is 12.7 Å². The molecule has 0 rings (SSSR count). The maximum Gasteiger partial charge on any atom is 0.0743 e. The molecule has 0 radical (unpaired) electrons. The molecule has 2 atom stereocenters. The van der Waals surface area contributed by atoms with Gasteiger partial charge >= 0.3 is 0 Å². The van der Waals surface area contributed by atoms with Gasteiger partial charge in [-0.25, -0.2) is 0 Å². The van der Waals surface area contributed by atoms with Gasteiger partial charge in [0, 0.05) is 0 Å². The lowest BCUT2D eigenvalue weighted by atomic mass is 9.97. The van der Waals surface area contributed by atoms with E-state index in [0.717, 1.165) is 6.42 Å². The van der Waals surface area contributed by atoms with E-state index in [1.54, 1.807) is 6.08 Å². The van der Waals surface area contributed by atoms with Crippen LogP contribution in [0.25, 0.3) is 0 Å². The minimum Gasteiger partial charge on any atom is -0.389 e. The van der Waals surface area contributed by atoms with Crippen molar-refractivity contribution in [1.29, 1.82) is 0 Å². The van der Waals surface area contributed by atoms with Crippen molar-refractivity contribution < 1.29 is 5.11 Å². The van der Waals surface area contributed by atoms with Crippen LogP contribution in [0.1, 0.15) is 65.2 Å². The zero-order valence-corrected chi connectivity index (χ0v) is 10.5. The van der Waals surface area contributed by atoms with Crippen molar-refractivity contribution in [1.82, 2.24) is 0 Å². The lowest BCUT2D eigenvalue weighted by Crippen LogP contribution is -2.13. The van der Waals surface area contributed by atoms with Crippen molar-refractivity contribution >= 4 is 0 Å². The predicted octanol–water partition coefficient (Wildman–Crippen LogP) is 4.31. The molecule has 1 heteroatoms. The van der Waals surface area contributed by atoms with Crippen LogP contribution in [0.2, 0.25) is 0 Å². The smallest absolute Gasteiger partial charge is 0.0743 e. The summed E-state index contributed by atoms with van der Waals surface area (Å²) in [7, 11) is 0. The van der Waals surface area contributed by atoms with Gasteiger partial charge in [-0.3, -0.25) is 0 Å². The third-order valence-corrected chi connectivity index (χ3v) is 3.09. The molecular formula is C14H28O. The van der Waals surface area contributed by atoms with Crippen LogP contribution in [0.5, 0.6) is 0 Å². The second-order valence-corrected chi connectivity index (χ2v) is 4.61. The average molecular weight is 212 g/mol. The summed E-state index contributed by atoms with van der Waals surface area (Å²) in [5.74, 6) is 0.373. The molecule has 0 saturated heterocycles. The second-order valence-electron chi connectivity index (χ2n) is 4.61. The van der Waals surface area contributed by atoms with Gasteiger partial charge in [0.25, 0.3) is 0 Å². The molecule has 0 amide bonds. The van der Waals surface area contributed by atoms with Crippen LogP contribution in [0, 0.1) is 5.92 Å². The van der Waals surface area contributed by atoms with E-state index in [1.807, 2.05) is 0 Å². The third kappa shape index (κ3) is 8.68. The van der Waals surface area contributed by atoms with Crippen molar-refractivity contribution in [3.63, 3.8) is 0 Å². The minimum absolute atomic E-state index is 0.315. The molecule has 0 heterocycles. The van der Waals surface area contributed by atoms with E-state index >= 15 is 0 Å². The fraction of sp³-hybridized carbons (Fsp3) is 0.857. The monoisotopic (exact) mass is 212 g/mol. The highest BCUT2D eigenvalue weighted by molar-refractivity contribution is 4.81. The molecule has 0 saturated carbocycles. The molecule has 0 aromatic heterocycles. The SMILES string of the molecule is C=C[C@H](O)[C@H](C)CCCCCCCCC. The molecule has 1 N–H and O–H groups in total. The van der Waals surface area contributed by atoms with Gasteiger partial charge in [-0.15, -0.1) is 6.58 Å². The third-order valence-electron chi connectivity index (χ3n) is 3.09. The zero-order chi connectivity index (χ0) is 11.5. The summed E-state index contributed by atoms with van der Waals surface area (Å²) in [6.07, 6.45) is 11.9. The van der Waals surface area contributed by atoms with E-state index in [9.17, 15) is 5.11 Å². The summed E-state index contributed by atoms with van der Waals surface area (Å²) in [4.78, 5) is 0. The molecule has 15 heavy (non-hydrogen) atoms. The maximum absolute atomic E-state index is 9.48. The largest absolute Gasteiger partial charge is 0.389 e. The number of rotatable bonds is 10. The molecule has 0 bridgehead atoms. The lowest BCUT2D eigenvalue weighted by molar-refractivity contribution is 0.155. The summed E-state index contributed by atoms with van der Waals surface area (Å²) in [6.45, 7) is 7.96. The van der Waals surface area contributed by atoms with Gasteiger partial charge in [0.1, 0.15) is 0 Å². The first kappa shape index (κ1) is 14.7. The van der Waals surface area contributed by atoms with Gasteiger partial charge in [-0.05, 0) is 12.3 Å². The topological polar surface area (TPSA) is 20.2 Å². The molecule has 0 aliphatic heterocycles. The first-order valence-corrected chi connectivity index (χ1v) is 6.53. The van der Waals surface area contributed by atoms with Crippen LogP contribution >= 0.6 is 0 Å². The summed E-state index contributed by atoms with van der Waals surface area (Å²) >= 11 is 0. The van der Waals surface area contributed by atoms with Crippen molar-refractivity contribution in [2.45, 2.75) is 71.3 Å². The lowest BCUT2D eigenvalue weighted by Gasteiger charge is -2.14. The standard InChI is InChI=1S/C14H28O/c1-4-6-7-8-9-10-11-12-13(3)14(15)5-2/h5,13-15H,2,4,6-12H2,1,3H3/t13-,14+/m1/s1. The summed E-state index contributed by atoms with van der Waals surface area (Å²) in [5, 5.41) is 9.48. The normalized spacial score (nSPS) is 14.9. The molecule has 0 aliphatic carbocycles. The first-order valence-electron chi connectivity index (χ1n) is 6.53.